The summed E-state index contributed by atoms with van der Waals surface area (Å²) >= 11 is 0. The van der Waals surface area contributed by atoms with Crippen LogP contribution < -0.4 is 9.80 Å². The number of para-hydroxylation sites is 2. The molecular formula is C94H66N4. The smallest absolute Gasteiger partial charge is 0.0619 e. The molecule has 0 N–H and O–H groups in total. The lowest BCUT2D eigenvalue weighted by atomic mass is 9.96. The molecule has 0 saturated carbocycles. The first-order valence-corrected chi connectivity index (χ1v) is 33.6. The summed E-state index contributed by atoms with van der Waals surface area (Å²) in [5.74, 6) is 0. The summed E-state index contributed by atoms with van der Waals surface area (Å²) in [5.41, 5.74) is 29.5. The van der Waals surface area contributed by atoms with E-state index < -0.39 is 0 Å². The van der Waals surface area contributed by atoms with Crippen molar-refractivity contribution >= 4 is 55.9 Å². The zero-order valence-corrected chi connectivity index (χ0v) is 53.9. The Balaban J connectivity index is 0.787. The van der Waals surface area contributed by atoms with Crippen molar-refractivity contribution in [1.29, 1.82) is 0 Å². The lowest BCUT2D eigenvalue weighted by molar-refractivity contribution is 1.13. The zero-order valence-electron chi connectivity index (χ0n) is 53.9. The summed E-state index contributed by atoms with van der Waals surface area (Å²) in [6, 6.07) is 145. The van der Waals surface area contributed by atoms with E-state index in [1.54, 1.807) is 0 Å². The van der Waals surface area contributed by atoms with Crippen LogP contribution in [0.5, 0.6) is 0 Å². The van der Waals surface area contributed by atoms with E-state index >= 15 is 0 Å². The summed E-state index contributed by atoms with van der Waals surface area (Å²) in [7, 11) is 0. The second kappa shape index (κ2) is 26.1. The summed E-state index contributed by atoms with van der Waals surface area (Å²) in [6.07, 6.45) is 0. The van der Waals surface area contributed by atoms with E-state index in [0.29, 0.717) is 0 Å². The van der Waals surface area contributed by atoms with Crippen LogP contribution >= 0.6 is 0 Å². The SMILES string of the molecule is c1ccc(-c2ccc(N(c3ccc(-c4ccccc4)cc3)c3ccc(N(c4ccc(-c5ccc6c(c5)c(-c5ccccc5)c(-c5ccccc5)n6-c5ccccc5)cc4)c4ccc(-c5ccc6c(c5)c(-c5ccccc5)c(-c5ccccc5)n6-c5ccccc5)cc4)cc3)cc2)cc1. The predicted molar refractivity (Wildman–Crippen MR) is 413 cm³/mol. The minimum Gasteiger partial charge on any atom is -0.311 e. The van der Waals surface area contributed by atoms with Gasteiger partial charge in [-0.05, 0) is 188 Å². The molecule has 0 aliphatic rings. The van der Waals surface area contributed by atoms with E-state index in [1.165, 1.54) is 66.7 Å². The molecule has 0 aliphatic carbocycles. The normalized spacial score (nSPS) is 11.3. The number of anilines is 6. The van der Waals surface area contributed by atoms with Gasteiger partial charge in [-0.2, -0.15) is 0 Å². The molecule has 4 heteroatoms. The van der Waals surface area contributed by atoms with Gasteiger partial charge in [0.2, 0.25) is 0 Å². The van der Waals surface area contributed by atoms with Crippen LogP contribution in [0.3, 0.4) is 0 Å². The van der Waals surface area contributed by atoms with Crippen LogP contribution in [-0.2, 0) is 0 Å². The molecular weight excluding hydrogens is 1190 g/mol. The maximum Gasteiger partial charge on any atom is 0.0619 e. The Morgan fingerprint density at radius 2 is 0.367 bits per heavy atom. The predicted octanol–water partition coefficient (Wildman–Crippen LogP) is 25.9. The molecule has 0 radical (unpaired) electrons. The van der Waals surface area contributed by atoms with Crippen LogP contribution in [0.15, 0.2) is 400 Å². The highest BCUT2D eigenvalue weighted by atomic mass is 15.2. The first-order chi connectivity index (χ1) is 48.6. The molecule has 0 saturated heterocycles. The fraction of sp³-hybridized carbons (Fsp3) is 0. The molecule has 0 aliphatic heterocycles. The largest absolute Gasteiger partial charge is 0.311 e. The Labute approximate surface area is 572 Å². The van der Waals surface area contributed by atoms with Crippen molar-refractivity contribution in [3.63, 3.8) is 0 Å². The van der Waals surface area contributed by atoms with Gasteiger partial charge >= 0.3 is 0 Å². The molecule has 15 aromatic carbocycles. The summed E-state index contributed by atoms with van der Waals surface area (Å²) in [5, 5.41) is 2.38. The first kappa shape index (κ1) is 58.8. The van der Waals surface area contributed by atoms with E-state index in [-0.39, 0.29) is 0 Å². The topological polar surface area (TPSA) is 16.3 Å². The minimum atomic E-state index is 1.03. The van der Waals surface area contributed by atoms with Gasteiger partial charge in [0.15, 0.2) is 0 Å². The Morgan fingerprint density at radius 3 is 0.643 bits per heavy atom. The van der Waals surface area contributed by atoms with E-state index in [9.17, 15) is 0 Å². The van der Waals surface area contributed by atoms with Crippen LogP contribution in [0, 0.1) is 0 Å². The molecule has 17 aromatic rings. The van der Waals surface area contributed by atoms with Gasteiger partial charge in [0, 0.05) is 67.4 Å². The van der Waals surface area contributed by atoms with Crippen LogP contribution in [-0.4, -0.2) is 9.13 Å². The van der Waals surface area contributed by atoms with Gasteiger partial charge in [-0.1, -0.05) is 279 Å². The molecule has 0 spiro atoms. The fourth-order valence-corrected chi connectivity index (χ4v) is 14.3. The van der Waals surface area contributed by atoms with Gasteiger partial charge in [-0.25, -0.2) is 0 Å². The van der Waals surface area contributed by atoms with Crippen LogP contribution in [0.25, 0.3) is 122 Å². The molecule has 2 heterocycles. The molecule has 0 amide bonds. The Morgan fingerprint density at radius 1 is 0.163 bits per heavy atom. The number of hydrogen-bond acceptors (Lipinski definition) is 2. The number of rotatable bonds is 16. The number of aromatic nitrogens is 2. The molecule has 0 fully saturated rings. The highest BCUT2D eigenvalue weighted by molar-refractivity contribution is 6.09. The molecule has 17 rings (SSSR count). The maximum absolute atomic E-state index is 2.43. The highest BCUT2D eigenvalue weighted by Gasteiger charge is 2.25. The highest BCUT2D eigenvalue weighted by Crippen LogP contribution is 2.48. The number of nitrogens with zero attached hydrogens (tertiary/aromatic N) is 4. The van der Waals surface area contributed by atoms with E-state index in [1.807, 2.05) is 0 Å². The third-order valence-corrected chi connectivity index (χ3v) is 18.9. The van der Waals surface area contributed by atoms with E-state index in [4.69, 9.17) is 0 Å². The molecule has 0 atom stereocenters. The van der Waals surface area contributed by atoms with E-state index in [0.717, 1.165) is 89.9 Å². The Kier molecular flexibility index (Phi) is 15.6. The van der Waals surface area contributed by atoms with Gasteiger partial charge in [-0.3, -0.25) is 0 Å². The molecule has 4 nitrogen and oxygen atoms in total. The summed E-state index contributed by atoms with van der Waals surface area (Å²) in [6.45, 7) is 0. The van der Waals surface area contributed by atoms with Crippen molar-refractivity contribution in [3.8, 4) is 101 Å². The zero-order chi connectivity index (χ0) is 65.1. The molecule has 462 valence electrons. The third-order valence-electron chi connectivity index (χ3n) is 18.9. The molecule has 98 heavy (non-hydrogen) atoms. The molecule has 0 unspecified atom stereocenters. The Bertz CT molecular complexity index is 5240. The molecule has 0 bridgehead atoms. The fourth-order valence-electron chi connectivity index (χ4n) is 14.3. The van der Waals surface area contributed by atoms with Crippen molar-refractivity contribution < 1.29 is 0 Å². The number of fused-ring (bicyclic) bond motifs is 2. The average Bonchev–Trinajstić information content (AvgIpc) is 1.58. The summed E-state index contributed by atoms with van der Waals surface area (Å²) < 4.78 is 4.86. The third kappa shape index (κ3) is 11.2. The van der Waals surface area contributed by atoms with Crippen molar-refractivity contribution in [1.82, 2.24) is 9.13 Å². The van der Waals surface area contributed by atoms with Gasteiger partial charge in [-0.15, -0.1) is 0 Å². The lowest BCUT2D eigenvalue weighted by Crippen LogP contribution is -2.12. The lowest BCUT2D eigenvalue weighted by Gasteiger charge is -2.29. The number of hydrogen-bond donors (Lipinski definition) is 0. The quantitative estimate of drug-likeness (QED) is 0.0959. The van der Waals surface area contributed by atoms with Gasteiger partial charge in [0.05, 0.1) is 22.4 Å². The molecule has 2 aromatic heterocycles. The summed E-state index contributed by atoms with van der Waals surface area (Å²) in [4.78, 5) is 4.74. The minimum absolute atomic E-state index is 1.03. The van der Waals surface area contributed by atoms with Crippen LogP contribution in [0.2, 0.25) is 0 Å². The van der Waals surface area contributed by atoms with Gasteiger partial charge in [0.25, 0.3) is 0 Å². The number of benzene rings is 15. The average molecular weight is 1250 g/mol. The first-order valence-electron chi connectivity index (χ1n) is 33.6. The van der Waals surface area contributed by atoms with Crippen molar-refractivity contribution in [2.45, 2.75) is 0 Å². The van der Waals surface area contributed by atoms with Crippen molar-refractivity contribution in [3.05, 3.63) is 400 Å². The monoisotopic (exact) mass is 1250 g/mol. The van der Waals surface area contributed by atoms with E-state index in [2.05, 4.69) is 419 Å². The maximum atomic E-state index is 2.43. The van der Waals surface area contributed by atoms with Gasteiger partial charge < -0.3 is 18.9 Å². The van der Waals surface area contributed by atoms with Crippen molar-refractivity contribution in [2.75, 3.05) is 9.80 Å². The Hall–Kier alpha value is -13.0. The van der Waals surface area contributed by atoms with Crippen LogP contribution in [0.4, 0.5) is 34.1 Å². The standard InChI is InChI=1S/C94H66N4/c1-9-25-67(26-10-1)69-41-51-81(52-42-69)95(82-53-43-70(44-54-82)68-27-11-2-12-28-68)85-59-61-86(62-60-85)96(83-55-45-71(46-56-83)77-49-63-89-87(65-77)91(73-29-13-3-14-30-73)93(75-33-17-5-18-34-75)97(89)79-37-21-7-22-38-79)84-57-47-72(48-58-84)78-50-64-90-88(66-78)92(74-31-15-4-16-32-74)94(76-35-19-6-20-36-76)98(90)80-39-23-8-24-40-80/h1-66H. The second-order valence-corrected chi connectivity index (χ2v) is 24.8. The second-order valence-electron chi connectivity index (χ2n) is 24.8. The van der Waals surface area contributed by atoms with Crippen LogP contribution in [0.1, 0.15) is 0 Å². The van der Waals surface area contributed by atoms with Crippen molar-refractivity contribution in [2.24, 2.45) is 0 Å². The van der Waals surface area contributed by atoms with Gasteiger partial charge in [0.1, 0.15) is 0 Å².